The first-order valence-electron chi connectivity index (χ1n) is 7.28. The molecule has 1 fully saturated rings. The van der Waals surface area contributed by atoms with Crippen molar-refractivity contribution in [2.24, 2.45) is 5.41 Å². The third-order valence-corrected chi connectivity index (χ3v) is 4.53. The lowest BCUT2D eigenvalue weighted by Crippen LogP contribution is -2.55. The van der Waals surface area contributed by atoms with E-state index in [2.05, 4.69) is 9.64 Å². The Morgan fingerprint density at radius 1 is 1.27 bits per heavy atom. The van der Waals surface area contributed by atoms with Crippen molar-refractivity contribution < 1.29 is 23.0 Å². The maximum absolute atomic E-state index is 12.3. The Morgan fingerprint density at radius 2 is 1.95 bits per heavy atom. The van der Waals surface area contributed by atoms with Gasteiger partial charge in [0.2, 0.25) is 0 Å². The molecule has 0 unspecified atom stereocenters. The molecule has 0 amide bonds. The van der Waals surface area contributed by atoms with Crippen LogP contribution >= 0.6 is 0 Å². The summed E-state index contributed by atoms with van der Waals surface area (Å²) in [5, 5.41) is 10.4. The second kappa shape index (κ2) is 5.74. The summed E-state index contributed by atoms with van der Waals surface area (Å²) >= 11 is 0. The van der Waals surface area contributed by atoms with Gasteiger partial charge in [-0.1, -0.05) is 26.0 Å². The van der Waals surface area contributed by atoms with Crippen molar-refractivity contribution in [1.82, 2.24) is 4.90 Å². The Kier molecular flexibility index (Phi) is 4.46. The summed E-state index contributed by atoms with van der Waals surface area (Å²) < 4.78 is 40.7. The molecule has 0 aliphatic carbocycles. The SMILES string of the molecule is CC1(C)CN(Cc2cccc(OC(F)(F)F)c2)CC[C@@]1(C)O. The first-order chi connectivity index (χ1) is 9.98. The molecule has 1 aromatic rings. The third-order valence-electron chi connectivity index (χ3n) is 4.53. The van der Waals surface area contributed by atoms with Crippen molar-refractivity contribution in [1.29, 1.82) is 0 Å². The number of hydrogen-bond acceptors (Lipinski definition) is 3. The fraction of sp³-hybridized carbons (Fsp3) is 0.625. The van der Waals surface area contributed by atoms with Crippen LogP contribution in [0.1, 0.15) is 32.8 Å². The smallest absolute Gasteiger partial charge is 0.406 e. The van der Waals surface area contributed by atoms with Gasteiger partial charge in [-0.25, -0.2) is 0 Å². The van der Waals surface area contributed by atoms with E-state index in [4.69, 9.17) is 0 Å². The zero-order valence-electron chi connectivity index (χ0n) is 13.1. The number of nitrogens with zero attached hydrogens (tertiary/aromatic N) is 1. The molecular weight excluding hydrogens is 295 g/mol. The lowest BCUT2D eigenvalue weighted by atomic mass is 9.71. The standard InChI is InChI=1S/C16H22F3NO2/c1-14(2)11-20(8-7-15(14,3)21)10-12-5-4-6-13(9-12)22-16(17,18)19/h4-6,9,21H,7-8,10-11H2,1-3H3/t15-/m1/s1. The zero-order valence-corrected chi connectivity index (χ0v) is 13.1. The molecular formula is C16H22F3NO2. The molecule has 1 heterocycles. The molecule has 0 aromatic heterocycles. The molecule has 124 valence electrons. The number of likely N-dealkylation sites (tertiary alicyclic amines) is 1. The lowest BCUT2D eigenvalue weighted by molar-refractivity contribution is -0.274. The van der Waals surface area contributed by atoms with Crippen LogP contribution in [0.5, 0.6) is 5.75 Å². The van der Waals surface area contributed by atoms with Gasteiger partial charge in [0.15, 0.2) is 0 Å². The van der Waals surface area contributed by atoms with Gasteiger partial charge in [-0.15, -0.1) is 13.2 Å². The summed E-state index contributed by atoms with van der Waals surface area (Å²) in [6, 6.07) is 6.04. The fourth-order valence-corrected chi connectivity index (χ4v) is 2.76. The molecule has 0 spiro atoms. The number of halogens is 3. The molecule has 0 bridgehead atoms. The van der Waals surface area contributed by atoms with E-state index < -0.39 is 12.0 Å². The average molecular weight is 317 g/mol. The normalized spacial score (nSPS) is 26.0. The van der Waals surface area contributed by atoms with Crippen LogP contribution in [0.3, 0.4) is 0 Å². The van der Waals surface area contributed by atoms with E-state index in [1.54, 1.807) is 12.1 Å². The molecule has 1 atom stereocenters. The highest BCUT2D eigenvalue weighted by Crippen LogP contribution is 2.38. The van der Waals surface area contributed by atoms with Gasteiger partial charge in [-0.3, -0.25) is 4.90 Å². The molecule has 1 saturated heterocycles. The predicted octanol–water partition coefficient (Wildman–Crippen LogP) is 3.57. The first-order valence-corrected chi connectivity index (χ1v) is 7.28. The summed E-state index contributed by atoms with van der Waals surface area (Å²) in [4.78, 5) is 2.14. The van der Waals surface area contributed by atoms with Crippen molar-refractivity contribution in [2.45, 2.75) is 45.7 Å². The number of ether oxygens (including phenoxy) is 1. The van der Waals surface area contributed by atoms with Crippen LogP contribution in [0.4, 0.5) is 13.2 Å². The molecule has 1 aliphatic heterocycles. The van der Waals surface area contributed by atoms with Gasteiger partial charge in [0, 0.05) is 25.0 Å². The van der Waals surface area contributed by atoms with Crippen LogP contribution in [0.25, 0.3) is 0 Å². The molecule has 1 aliphatic rings. The van der Waals surface area contributed by atoms with Crippen LogP contribution in [-0.2, 0) is 6.54 Å². The Labute approximate surface area is 128 Å². The highest BCUT2D eigenvalue weighted by Gasteiger charge is 2.43. The predicted molar refractivity (Wildman–Crippen MR) is 77.4 cm³/mol. The molecule has 3 nitrogen and oxygen atoms in total. The number of aliphatic hydroxyl groups is 1. The van der Waals surface area contributed by atoms with Gasteiger partial charge in [0.25, 0.3) is 0 Å². The summed E-state index contributed by atoms with van der Waals surface area (Å²) in [5.41, 5.74) is -0.241. The highest BCUT2D eigenvalue weighted by atomic mass is 19.4. The lowest BCUT2D eigenvalue weighted by Gasteiger charge is -2.48. The molecule has 6 heteroatoms. The average Bonchev–Trinajstić information content (AvgIpc) is 2.32. The van der Waals surface area contributed by atoms with E-state index >= 15 is 0 Å². The van der Waals surface area contributed by atoms with E-state index in [-0.39, 0.29) is 11.2 Å². The van der Waals surface area contributed by atoms with Crippen LogP contribution in [-0.4, -0.2) is 35.1 Å². The van der Waals surface area contributed by atoms with Crippen molar-refractivity contribution in [2.75, 3.05) is 13.1 Å². The van der Waals surface area contributed by atoms with Gasteiger partial charge < -0.3 is 9.84 Å². The second-order valence-electron chi connectivity index (χ2n) is 6.81. The van der Waals surface area contributed by atoms with Gasteiger partial charge in [0.1, 0.15) is 5.75 Å². The molecule has 1 aromatic carbocycles. The van der Waals surface area contributed by atoms with E-state index in [0.29, 0.717) is 26.1 Å². The minimum atomic E-state index is -4.68. The molecule has 1 N–H and O–H groups in total. The zero-order chi connectivity index (χ0) is 16.6. The number of piperidine rings is 1. The highest BCUT2D eigenvalue weighted by molar-refractivity contribution is 5.28. The minimum Gasteiger partial charge on any atom is -0.406 e. The van der Waals surface area contributed by atoms with Crippen LogP contribution in [0, 0.1) is 5.41 Å². The van der Waals surface area contributed by atoms with Gasteiger partial charge in [0.05, 0.1) is 5.60 Å². The molecule has 2 rings (SSSR count). The quantitative estimate of drug-likeness (QED) is 0.925. The maximum Gasteiger partial charge on any atom is 0.573 e. The molecule has 0 radical (unpaired) electrons. The first kappa shape index (κ1) is 17.1. The van der Waals surface area contributed by atoms with Gasteiger partial charge in [-0.05, 0) is 31.0 Å². The number of rotatable bonds is 3. The van der Waals surface area contributed by atoms with E-state index in [0.717, 1.165) is 5.56 Å². The van der Waals surface area contributed by atoms with Crippen molar-refractivity contribution in [3.63, 3.8) is 0 Å². The van der Waals surface area contributed by atoms with Crippen LogP contribution in [0.15, 0.2) is 24.3 Å². The molecule has 0 saturated carbocycles. The third kappa shape index (κ3) is 4.14. The second-order valence-corrected chi connectivity index (χ2v) is 6.81. The van der Waals surface area contributed by atoms with Crippen LogP contribution < -0.4 is 4.74 Å². The van der Waals surface area contributed by atoms with E-state index in [1.807, 2.05) is 20.8 Å². The van der Waals surface area contributed by atoms with Crippen molar-refractivity contribution >= 4 is 0 Å². The molecule has 22 heavy (non-hydrogen) atoms. The van der Waals surface area contributed by atoms with Crippen molar-refractivity contribution in [3.05, 3.63) is 29.8 Å². The summed E-state index contributed by atoms with van der Waals surface area (Å²) in [6.45, 7) is 7.77. The fourth-order valence-electron chi connectivity index (χ4n) is 2.76. The van der Waals surface area contributed by atoms with Crippen molar-refractivity contribution in [3.8, 4) is 5.75 Å². The maximum atomic E-state index is 12.3. The van der Waals surface area contributed by atoms with E-state index in [9.17, 15) is 18.3 Å². The monoisotopic (exact) mass is 317 g/mol. The largest absolute Gasteiger partial charge is 0.573 e. The number of alkyl halides is 3. The summed E-state index contributed by atoms with van der Waals surface area (Å²) in [6.07, 6.45) is -4.04. The number of benzene rings is 1. The van der Waals surface area contributed by atoms with Crippen LogP contribution in [0.2, 0.25) is 0 Å². The van der Waals surface area contributed by atoms with Gasteiger partial charge >= 0.3 is 6.36 Å². The Hall–Kier alpha value is -1.27. The van der Waals surface area contributed by atoms with E-state index in [1.165, 1.54) is 12.1 Å². The number of hydrogen-bond donors (Lipinski definition) is 1. The Balaban J connectivity index is 2.04. The summed E-state index contributed by atoms with van der Waals surface area (Å²) in [5.74, 6) is -0.201. The minimum absolute atomic E-state index is 0.201. The summed E-state index contributed by atoms with van der Waals surface area (Å²) in [7, 11) is 0. The Morgan fingerprint density at radius 3 is 2.55 bits per heavy atom. The van der Waals surface area contributed by atoms with Gasteiger partial charge in [-0.2, -0.15) is 0 Å². The Bertz CT molecular complexity index is 526. The topological polar surface area (TPSA) is 32.7 Å².